The van der Waals surface area contributed by atoms with Crippen molar-refractivity contribution in [3.63, 3.8) is 0 Å². The number of benzene rings is 1. The number of amides is 2. The Bertz CT molecular complexity index is 464. The van der Waals surface area contributed by atoms with Gasteiger partial charge in [-0.2, -0.15) is 0 Å². The maximum absolute atomic E-state index is 12.8. The van der Waals surface area contributed by atoms with E-state index in [0.717, 1.165) is 4.90 Å². The van der Waals surface area contributed by atoms with E-state index >= 15 is 0 Å². The van der Waals surface area contributed by atoms with Crippen LogP contribution in [0.15, 0.2) is 24.3 Å². The van der Waals surface area contributed by atoms with Crippen LogP contribution in [-0.2, 0) is 9.59 Å². The SMILES string of the molecule is NCCS[C@H]1CC(=O)N(c2ccc(F)cc2)C1=O. The number of imide groups is 1. The van der Waals surface area contributed by atoms with E-state index in [0.29, 0.717) is 18.0 Å². The van der Waals surface area contributed by atoms with Crippen LogP contribution in [0.4, 0.5) is 10.1 Å². The number of carbonyl (C=O) groups is 2. The number of hydrogen-bond acceptors (Lipinski definition) is 4. The molecule has 0 aliphatic carbocycles. The first-order chi connectivity index (χ1) is 8.63. The van der Waals surface area contributed by atoms with Crippen molar-refractivity contribution in [1.82, 2.24) is 0 Å². The smallest absolute Gasteiger partial charge is 0.247 e. The molecular formula is C12H13FN2O2S. The standard InChI is InChI=1S/C12H13FN2O2S/c13-8-1-3-9(4-2-8)15-11(16)7-10(12(15)17)18-6-5-14/h1-4,10H,5-7,14H2/t10-/m0/s1. The van der Waals surface area contributed by atoms with Crippen LogP contribution in [0, 0.1) is 5.82 Å². The number of carbonyl (C=O) groups excluding carboxylic acids is 2. The number of hydrogen-bond donors (Lipinski definition) is 1. The quantitative estimate of drug-likeness (QED) is 0.832. The van der Waals surface area contributed by atoms with Gasteiger partial charge in [0.25, 0.3) is 0 Å². The monoisotopic (exact) mass is 268 g/mol. The third-order valence-corrected chi connectivity index (χ3v) is 3.87. The fourth-order valence-corrected chi connectivity index (χ4v) is 2.74. The van der Waals surface area contributed by atoms with Gasteiger partial charge in [-0.05, 0) is 24.3 Å². The normalized spacial score (nSPS) is 19.7. The van der Waals surface area contributed by atoms with Gasteiger partial charge in [0.1, 0.15) is 5.82 Å². The highest BCUT2D eigenvalue weighted by atomic mass is 32.2. The Morgan fingerprint density at radius 1 is 1.33 bits per heavy atom. The van der Waals surface area contributed by atoms with Gasteiger partial charge in [0.2, 0.25) is 11.8 Å². The summed E-state index contributed by atoms with van der Waals surface area (Å²) < 4.78 is 12.8. The Balaban J connectivity index is 2.16. The molecule has 2 N–H and O–H groups in total. The first-order valence-corrected chi connectivity index (χ1v) is 6.62. The third-order valence-electron chi connectivity index (χ3n) is 2.63. The Hall–Kier alpha value is -1.40. The Labute approximate surface area is 108 Å². The lowest BCUT2D eigenvalue weighted by Crippen LogP contribution is -2.31. The van der Waals surface area contributed by atoms with E-state index in [-0.39, 0.29) is 23.5 Å². The largest absolute Gasteiger partial charge is 0.330 e. The Morgan fingerprint density at radius 3 is 2.61 bits per heavy atom. The number of thioether (sulfide) groups is 1. The predicted octanol–water partition coefficient (Wildman–Crippen LogP) is 1.15. The van der Waals surface area contributed by atoms with E-state index in [1.54, 1.807) is 0 Å². The molecule has 0 bridgehead atoms. The predicted molar refractivity (Wildman–Crippen MR) is 68.8 cm³/mol. The lowest BCUT2D eigenvalue weighted by molar-refractivity contribution is -0.121. The summed E-state index contributed by atoms with van der Waals surface area (Å²) in [6.07, 6.45) is 0.181. The minimum Gasteiger partial charge on any atom is -0.330 e. The summed E-state index contributed by atoms with van der Waals surface area (Å²) in [5, 5.41) is -0.369. The number of nitrogens with two attached hydrogens (primary N) is 1. The lowest BCUT2D eigenvalue weighted by atomic mass is 10.3. The molecule has 1 aromatic carbocycles. The molecule has 1 aromatic rings. The number of nitrogens with zero attached hydrogens (tertiary/aromatic N) is 1. The van der Waals surface area contributed by atoms with Crippen molar-refractivity contribution in [3.05, 3.63) is 30.1 Å². The second-order valence-corrected chi connectivity index (χ2v) is 5.21. The highest BCUT2D eigenvalue weighted by Crippen LogP contribution is 2.29. The average Bonchev–Trinajstić information content (AvgIpc) is 2.63. The van der Waals surface area contributed by atoms with Gasteiger partial charge in [-0.25, -0.2) is 9.29 Å². The van der Waals surface area contributed by atoms with Crippen LogP contribution in [0.1, 0.15) is 6.42 Å². The number of anilines is 1. The Kier molecular flexibility index (Phi) is 3.98. The first kappa shape index (κ1) is 13.0. The van der Waals surface area contributed by atoms with Gasteiger partial charge in [0.15, 0.2) is 0 Å². The topological polar surface area (TPSA) is 63.4 Å². The van der Waals surface area contributed by atoms with Gasteiger partial charge < -0.3 is 5.73 Å². The maximum atomic E-state index is 12.8. The van der Waals surface area contributed by atoms with E-state index in [1.807, 2.05) is 0 Å². The van der Waals surface area contributed by atoms with Gasteiger partial charge >= 0.3 is 0 Å². The van der Waals surface area contributed by atoms with Crippen LogP contribution in [0.5, 0.6) is 0 Å². The van der Waals surface area contributed by atoms with Crippen molar-refractivity contribution in [2.75, 3.05) is 17.2 Å². The molecule has 0 aromatic heterocycles. The summed E-state index contributed by atoms with van der Waals surface area (Å²) in [6.45, 7) is 0.471. The average molecular weight is 268 g/mol. The van der Waals surface area contributed by atoms with Crippen LogP contribution in [0.3, 0.4) is 0 Å². The van der Waals surface area contributed by atoms with Gasteiger partial charge in [0.05, 0.1) is 10.9 Å². The highest BCUT2D eigenvalue weighted by Gasteiger charge is 2.39. The van der Waals surface area contributed by atoms with E-state index < -0.39 is 5.82 Å². The summed E-state index contributed by atoms with van der Waals surface area (Å²) in [4.78, 5) is 25.0. The van der Waals surface area contributed by atoms with Crippen molar-refractivity contribution in [2.45, 2.75) is 11.7 Å². The lowest BCUT2D eigenvalue weighted by Gasteiger charge is -2.14. The van der Waals surface area contributed by atoms with Crippen molar-refractivity contribution >= 4 is 29.3 Å². The van der Waals surface area contributed by atoms with E-state index in [4.69, 9.17) is 5.73 Å². The summed E-state index contributed by atoms with van der Waals surface area (Å²) in [6, 6.07) is 5.33. The zero-order chi connectivity index (χ0) is 13.1. The fraction of sp³-hybridized carbons (Fsp3) is 0.333. The highest BCUT2D eigenvalue weighted by molar-refractivity contribution is 8.00. The Morgan fingerprint density at radius 2 is 2.00 bits per heavy atom. The molecule has 0 unspecified atom stereocenters. The van der Waals surface area contributed by atoms with E-state index in [9.17, 15) is 14.0 Å². The van der Waals surface area contributed by atoms with Crippen LogP contribution in [0.2, 0.25) is 0 Å². The summed E-state index contributed by atoms with van der Waals surface area (Å²) in [7, 11) is 0. The van der Waals surface area contributed by atoms with Crippen LogP contribution in [0.25, 0.3) is 0 Å². The zero-order valence-corrected chi connectivity index (χ0v) is 10.5. The molecule has 4 nitrogen and oxygen atoms in total. The van der Waals surface area contributed by atoms with Crippen molar-refractivity contribution in [2.24, 2.45) is 5.73 Å². The minimum atomic E-state index is -0.396. The summed E-state index contributed by atoms with van der Waals surface area (Å²) in [5.74, 6) is -0.251. The number of rotatable bonds is 4. The molecule has 1 heterocycles. The molecule has 6 heteroatoms. The molecule has 18 heavy (non-hydrogen) atoms. The summed E-state index contributed by atoms with van der Waals surface area (Å²) in [5.41, 5.74) is 5.80. The second kappa shape index (κ2) is 5.49. The molecule has 1 atom stereocenters. The van der Waals surface area contributed by atoms with E-state index in [2.05, 4.69) is 0 Å². The van der Waals surface area contributed by atoms with Crippen LogP contribution in [-0.4, -0.2) is 29.4 Å². The molecule has 2 amide bonds. The minimum absolute atomic E-state index is 0.181. The van der Waals surface area contributed by atoms with Crippen molar-refractivity contribution < 1.29 is 14.0 Å². The van der Waals surface area contributed by atoms with Crippen LogP contribution < -0.4 is 10.6 Å². The van der Waals surface area contributed by atoms with Crippen molar-refractivity contribution in [3.8, 4) is 0 Å². The molecule has 1 aliphatic rings. The molecule has 0 radical (unpaired) electrons. The molecule has 0 saturated carbocycles. The number of halogens is 1. The zero-order valence-electron chi connectivity index (χ0n) is 9.64. The van der Waals surface area contributed by atoms with Crippen molar-refractivity contribution in [1.29, 1.82) is 0 Å². The fourth-order valence-electron chi connectivity index (χ4n) is 1.81. The van der Waals surface area contributed by atoms with E-state index in [1.165, 1.54) is 36.0 Å². The third kappa shape index (κ3) is 2.54. The van der Waals surface area contributed by atoms with Gasteiger partial charge in [-0.3, -0.25) is 9.59 Å². The second-order valence-electron chi connectivity index (χ2n) is 3.90. The molecule has 1 saturated heterocycles. The van der Waals surface area contributed by atoms with Gasteiger partial charge in [-0.15, -0.1) is 11.8 Å². The van der Waals surface area contributed by atoms with Gasteiger partial charge in [0, 0.05) is 18.7 Å². The van der Waals surface area contributed by atoms with Crippen LogP contribution >= 0.6 is 11.8 Å². The van der Waals surface area contributed by atoms with Gasteiger partial charge in [-0.1, -0.05) is 0 Å². The molecule has 0 spiro atoms. The maximum Gasteiger partial charge on any atom is 0.247 e. The molecule has 1 fully saturated rings. The first-order valence-electron chi connectivity index (χ1n) is 5.57. The summed E-state index contributed by atoms with van der Waals surface area (Å²) >= 11 is 1.39. The molecule has 2 rings (SSSR count). The molecule has 96 valence electrons. The molecule has 1 aliphatic heterocycles. The molecular weight excluding hydrogens is 255 g/mol.